The van der Waals surface area contributed by atoms with Crippen LogP contribution in [0.4, 0.5) is 0 Å². The highest BCUT2D eigenvalue weighted by Crippen LogP contribution is 2.25. The number of carbonyl (C=O) groups excluding carboxylic acids is 1. The topological polar surface area (TPSA) is 84.5 Å². The molecular weight excluding hydrogens is 316 g/mol. The fourth-order valence-electron chi connectivity index (χ4n) is 1.85. The Kier molecular flexibility index (Phi) is 6.18. The first-order chi connectivity index (χ1) is 10.5. The van der Waals surface area contributed by atoms with Gasteiger partial charge in [0.2, 0.25) is 10.0 Å². The predicted molar refractivity (Wildman–Crippen MR) is 90.2 cm³/mol. The van der Waals surface area contributed by atoms with Crippen LogP contribution in [-0.4, -0.2) is 34.0 Å². The van der Waals surface area contributed by atoms with Gasteiger partial charge in [-0.1, -0.05) is 20.8 Å². The molecule has 23 heavy (non-hydrogen) atoms. The quantitative estimate of drug-likeness (QED) is 0.830. The molecule has 0 aliphatic carbocycles. The van der Waals surface area contributed by atoms with E-state index in [9.17, 15) is 13.2 Å². The van der Waals surface area contributed by atoms with Gasteiger partial charge in [0.05, 0.1) is 7.11 Å². The van der Waals surface area contributed by atoms with E-state index >= 15 is 0 Å². The van der Waals surface area contributed by atoms with Crippen molar-refractivity contribution >= 4 is 15.9 Å². The number of carbonyl (C=O) groups is 1. The highest BCUT2D eigenvalue weighted by molar-refractivity contribution is 7.89. The van der Waals surface area contributed by atoms with Crippen molar-refractivity contribution in [2.75, 3.05) is 13.7 Å². The van der Waals surface area contributed by atoms with E-state index < -0.39 is 10.0 Å². The van der Waals surface area contributed by atoms with Crippen LogP contribution in [0.15, 0.2) is 23.1 Å². The molecule has 0 atom stereocenters. The van der Waals surface area contributed by atoms with Gasteiger partial charge in [-0.25, -0.2) is 13.1 Å². The van der Waals surface area contributed by atoms with E-state index in [1.807, 2.05) is 20.8 Å². The lowest BCUT2D eigenvalue weighted by atomic mass is 9.97. The minimum Gasteiger partial charge on any atom is -0.495 e. The summed E-state index contributed by atoms with van der Waals surface area (Å²) >= 11 is 0. The Bertz CT molecular complexity index is 661. The van der Waals surface area contributed by atoms with E-state index in [4.69, 9.17) is 4.74 Å². The zero-order chi connectivity index (χ0) is 17.8. The molecule has 0 spiro atoms. The first-order valence-corrected chi connectivity index (χ1v) is 8.93. The normalized spacial score (nSPS) is 12.3. The number of ether oxygens (including phenoxy) is 1. The molecule has 0 aliphatic rings. The largest absolute Gasteiger partial charge is 0.495 e. The zero-order valence-corrected chi connectivity index (χ0v) is 15.4. The van der Waals surface area contributed by atoms with Gasteiger partial charge in [0.25, 0.3) is 5.91 Å². The molecule has 2 N–H and O–H groups in total. The third-order valence-corrected chi connectivity index (χ3v) is 4.57. The van der Waals surface area contributed by atoms with Crippen molar-refractivity contribution in [3.05, 3.63) is 23.8 Å². The van der Waals surface area contributed by atoms with Crippen LogP contribution in [0.3, 0.4) is 0 Å². The van der Waals surface area contributed by atoms with Crippen LogP contribution >= 0.6 is 0 Å². The van der Waals surface area contributed by atoms with Crippen molar-refractivity contribution < 1.29 is 17.9 Å². The molecule has 6 nitrogen and oxygen atoms in total. The molecule has 0 bridgehead atoms. The summed E-state index contributed by atoms with van der Waals surface area (Å²) in [7, 11) is -2.36. The average Bonchev–Trinajstić information content (AvgIpc) is 2.41. The number of nitrogens with one attached hydrogen (secondary N) is 2. The van der Waals surface area contributed by atoms with Crippen LogP contribution in [0, 0.1) is 5.41 Å². The predicted octanol–water partition coefficient (Wildman–Crippen LogP) is 2.16. The van der Waals surface area contributed by atoms with E-state index in [0.717, 1.165) is 0 Å². The molecule has 130 valence electrons. The van der Waals surface area contributed by atoms with Crippen molar-refractivity contribution in [2.45, 2.75) is 45.6 Å². The number of rotatable bonds is 6. The average molecular weight is 342 g/mol. The lowest BCUT2D eigenvalue weighted by Crippen LogP contribution is -2.33. The molecule has 0 aliphatic heterocycles. The van der Waals surface area contributed by atoms with Crippen LogP contribution in [0.1, 0.15) is 45.0 Å². The van der Waals surface area contributed by atoms with Gasteiger partial charge in [0, 0.05) is 18.2 Å². The number of benzene rings is 1. The smallest absolute Gasteiger partial charge is 0.251 e. The van der Waals surface area contributed by atoms with Crippen molar-refractivity contribution in [1.82, 2.24) is 10.0 Å². The van der Waals surface area contributed by atoms with Crippen LogP contribution in [0.5, 0.6) is 5.75 Å². The third kappa shape index (κ3) is 5.84. The van der Waals surface area contributed by atoms with Crippen molar-refractivity contribution in [3.8, 4) is 5.75 Å². The van der Waals surface area contributed by atoms with E-state index in [0.29, 0.717) is 6.54 Å². The molecule has 1 aromatic rings. The van der Waals surface area contributed by atoms with Crippen molar-refractivity contribution in [1.29, 1.82) is 0 Å². The van der Waals surface area contributed by atoms with Gasteiger partial charge in [-0.2, -0.15) is 0 Å². The second kappa shape index (κ2) is 7.31. The van der Waals surface area contributed by atoms with E-state index in [2.05, 4.69) is 10.0 Å². The number of methoxy groups -OCH3 is 1. The molecule has 0 heterocycles. The highest BCUT2D eigenvalue weighted by Gasteiger charge is 2.23. The summed E-state index contributed by atoms with van der Waals surface area (Å²) < 4.78 is 32.4. The van der Waals surface area contributed by atoms with Gasteiger partial charge in [0.1, 0.15) is 10.6 Å². The highest BCUT2D eigenvalue weighted by atomic mass is 32.2. The standard InChI is InChI=1S/C16H26N2O4S/c1-11(2)18-23(20,21)14-9-12(7-8-13(14)22-6)15(19)17-10-16(3,4)5/h7-9,11,18H,10H2,1-6H3,(H,17,19). The first-order valence-electron chi connectivity index (χ1n) is 7.45. The summed E-state index contributed by atoms with van der Waals surface area (Å²) in [6.45, 7) is 9.95. The first kappa shape index (κ1) is 19.4. The molecule has 0 radical (unpaired) electrons. The third-order valence-electron chi connectivity index (χ3n) is 2.89. The summed E-state index contributed by atoms with van der Waals surface area (Å²) in [6, 6.07) is 4.11. The van der Waals surface area contributed by atoms with Crippen LogP contribution < -0.4 is 14.8 Å². The Hall–Kier alpha value is -1.60. The van der Waals surface area contributed by atoms with E-state index in [1.165, 1.54) is 19.2 Å². The zero-order valence-electron chi connectivity index (χ0n) is 14.6. The van der Waals surface area contributed by atoms with Gasteiger partial charge >= 0.3 is 0 Å². The number of hydrogen-bond acceptors (Lipinski definition) is 4. The van der Waals surface area contributed by atoms with Crippen LogP contribution in [0.25, 0.3) is 0 Å². The molecule has 0 aromatic heterocycles. The second-order valence-corrected chi connectivity index (χ2v) is 8.57. The molecule has 0 unspecified atom stereocenters. The molecule has 0 saturated heterocycles. The van der Waals surface area contributed by atoms with Crippen molar-refractivity contribution in [2.24, 2.45) is 5.41 Å². The minimum absolute atomic E-state index is 0.0443. The maximum atomic E-state index is 12.4. The van der Waals surface area contributed by atoms with Crippen LogP contribution in [0.2, 0.25) is 0 Å². The lowest BCUT2D eigenvalue weighted by Gasteiger charge is -2.19. The molecule has 0 saturated carbocycles. The minimum atomic E-state index is -3.76. The van der Waals surface area contributed by atoms with Gasteiger partial charge in [-0.15, -0.1) is 0 Å². The summed E-state index contributed by atoms with van der Waals surface area (Å²) in [5.74, 6) is -0.117. The van der Waals surface area contributed by atoms with Gasteiger partial charge in [-0.3, -0.25) is 4.79 Å². The Morgan fingerprint density at radius 3 is 2.35 bits per heavy atom. The summed E-state index contributed by atoms with van der Waals surface area (Å²) in [6.07, 6.45) is 0. The van der Waals surface area contributed by atoms with Gasteiger partial charge in [-0.05, 0) is 37.5 Å². The Labute approximate surface area is 138 Å². The van der Waals surface area contributed by atoms with Crippen molar-refractivity contribution in [3.63, 3.8) is 0 Å². The maximum Gasteiger partial charge on any atom is 0.251 e. The lowest BCUT2D eigenvalue weighted by molar-refractivity contribution is 0.0939. The molecule has 1 rings (SSSR count). The Morgan fingerprint density at radius 1 is 1.26 bits per heavy atom. The Morgan fingerprint density at radius 2 is 1.87 bits per heavy atom. The summed E-state index contributed by atoms with van der Waals surface area (Å²) in [4.78, 5) is 12.2. The SMILES string of the molecule is COc1ccc(C(=O)NCC(C)(C)C)cc1S(=O)(=O)NC(C)C. The molecule has 7 heteroatoms. The van der Waals surface area contributed by atoms with Gasteiger partial charge < -0.3 is 10.1 Å². The van der Waals surface area contributed by atoms with E-state index in [-0.39, 0.29) is 33.6 Å². The molecular formula is C16H26N2O4S. The number of sulfonamides is 1. The molecule has 1 amide bonds. The fourth-order valence-corrected chi connectivity index (χ4v) is 3.30. The summed E-state index contributed by atoms with van der Waals surface area (Å²) in [5, 5.41) is 2.80. The maximum absolute atomic E-state index is 12.4. The molecule has 1 aromatic carbocycles. The molecule has 0 fully saturated rings. The second-order valence-electron chi connectivity index (χ2n) is 6.88. The summed E-state index contributed by atoms with van der Waals surface area (Å²) in [5.41, 5.74) is 0.218. The Balaban J connectivity index is 3.15. The number of amides is 1. The van der Waals surface area contributed by atoms with E-state index in [1.54, 1.807) is 19.9 Å². The van der Waals surface area contributed by atoms with Gasteiger partial charge in [0.15, 0.2) is 0 Å². The number of hydrogen-bond donors (Lipinski definition) is 2. The fraction of sp³-hybridized carbons (Fsp3) is 0.562. The monoisotopic (exact) mass is 342 g/mol. The van der Waals surface area contributed by atoms with Crippen LogP contribution in [-0.2, 0) is 10.0 Å².